The van der Waals surface area contributed by atoms with Gasteiger partial charge in [0, 0.05) is 39.1 Å². The summed E-state index contributed by atoms with van der Waals surface area (Å²) in [6.07, 6.45) is -0.380. The third-order valence-electron chi connectivity index (χ3n) is 4.58. The van der Waals surface area contributed by atoms with Crippen LogP contribution in [0.4, 0.5) is 8.78 Å². The molecule has 1 atom stereocenters. The van der Waals surface area contributed by atoms with Gasteiger partial charge in [-0.05, 0) is 12.5 Å². The molecule has 0 aromatic heterocycles. The highest BCUT2D eigenvalue weighted by Gasteiger charge is 2.43. The number of rotatable bonds is 3. The van der Waals surface area contributed by atoms with Crippen molar-refractivity contribution in [2.24, 2.45) is 0 Å². The zero-order chi connectivity index (χ0) is 16.4. The first-order valence-corrected chi connectivity index (χ1v) is 8.11. The smallest absolute Gasteiger partial charge is 0.262 e. The van der Waals surface area contributed by atoms with Crippen LogP contribution >= 0.6 is 24.8 Å². The molecule has 4 nitrogen and oxygen atoms in total. The summed E-state index contributed by atoms with van der Waals surface area (Å²) < 4.78 is 26.4. The summed E-state index contributed by atoms with van der Waals surface area (Å²) in [5, 5.41) is 2.65. The number of amides is 1. The van der Waals surface area contributed by atoms with Crippen LogP contribution in [0.25, 0.3) is 0 Å². The SMILES string of the molecule is Cc1cccc(CN2CCN(C(=O)C3CC(F)(F)CN3)CC2)c1.Cl.Cl. The van der Waals surface area contributed by atoms with Crippen molar-refractivity contribution in [3.8, 4) is 0 Å². The third-order valence-corrected chi connectivity index (χ3v) is 4.58. The monoisotopic (exact) mass is 395 g/mol. The van der Waals surface area contributed by atoms with Crippen LogP contribution < -0.4 is 5.32 Å². The van der Waals surface area contributed by atoms with Crippen molar-refractivity contribution in [2.75, 3.05) is 32.7 Å². The Bertz CT molecular complexity index is 581. The van der Waals surface area contributed by atoms with Crippen molar-refractivity contribution in [3.63, 3.8) is 0 Å². The van der Waals surface area contributed by atoms with Gasteiger partial charge in [0.05, 0.1) is 12.6 Å². The predicted molar refractivity (Wildman–Crippen MR) is 98.9 cm³/mol. The summed E-state index contributed by atoms with van der Waals surface area (Å²) in [6, 6.07) is 7.67. The van der Waals surface area contributed by atoms with Crippen molar-refractivity contribution in [1.29, 1.82) is 0 Å². The normalized spacial score (nSPS) is 22.8. The summed E-state index contributed by atoms with van der Waals surface area (Å²) >= 11 is 0. The van der Waals surface area contributed by atoms with Gasteiger partial charge < -0.3 is 4.90 Å². The molecule has 25 heavy (non-hydrogen) atoms. The number of carbonyl (C=O) groups is 1. The maximum absolute atomic E-state index is 13.2. The van der Waals surface area contributed by atoms with Gasteiger partial charge in [0.1, 0.15) is 0 Å². The first kappa shape index (κ1) is 22.1. The van der Waals surface area contributed by atoms with Gasteiger partial charge in [-0.3, -0.25) is 15.0 Å². The number of benzene rings is 1. The molecule has 1 amide bonds. The molecule has 0 radical (unpaired) electrons. The Kier molecular flexibility index (Phi) is 8.06. The lowest BCUT2D eigenvalue weighted by atomic mass is 10.1. The van der Waals surface area contributed by atoms with Crippen molar-refractivity contribution in [3.05, 3.63) is 35.4 Å². The molecule has 1 aromatic carbocycles. The lowest BCUT2D eigenvalue weighted by Crippen LogP contribution is -2.52. The molecule has 2 aliphatic rings. The summed E-state index contributed by atoms with van der Waals surface area (Å²) in [6.45, 7) is 5.32. The van der Waals surface area contributed by atoms with Crippen molar-refractivity contribution < 1.29 is 13.6 Å². The first-order chi connectivity index (χ1) is 10.9. The Morgan fingerprint density at radius 2 is 1.92 bits per heavy atom. The van der Waals surface area contributed by atoms with Crippen LogP contribution in [-0.4, -0.2) is 60.4 Å². The topological polar surface area (TPSA) is 35.6 Å². The minimum Gasteiger partial charge on any atom is -0.339 e. The Labute approximate surface area is 159 Å². The molecule has 0 saturated carbocycles. The number of nitrogens with one attached hydrogen (secondary N) is 1. The first-order valence-electron chi connectivity index (χ1n) is 8.11. The van der Waals surface area contributed by atoms with E-state index < -0.39 is 18.5 Å². The molecule has 0 spiro atoms. The van der Waals surface area contributed by atoms with Gasteiger partial charge in [-0.2, -0.15) is 0 Å². The van der Waals surface area contributed by atoms with Gasteiger partial charge in [-0.25, -0.2) is 8.78 Å². The van der Waals surface area contributed by atoms with E-state index in [1.165, 1.54) is 11.1 Å². The maximum atomic E-state index is 13.2. The fourth-order valence-electron chi connectivity index (χ4n) is 3.31. The average molecular weight is 396 g/mol. The van der Waals surface area contributed by atoms with E-state index in [0.717, 1.165) is 19.6 Å². The van der Waals surface area contributed by atoms with Crippen LogP contribution in [0.15, 0.2) is 24.3 Å². The van der Waals surface area contributed by atoms with E-state index in [1.807, 2.05) is 0 Å². The highest BCUT2D eigenvalue weighted by atomic mass is 35.5. The molecule has 0 bridgehead atoms. The standard InChI is InChI=1S/C17H23F2N3O.2ClH/c1-13-3-2-4-14(9-13)11-21-5-7-22(8-6-21)16(23)15-10-17(18,19)12-20-15;;/h2-4,9,15,20H,5-8,10-12H2,1H3;2*1H. The van der Waals surface area contributed by atoms with Crippen molar-refractivity contribution >= 4 is 30.7 Å². The van der Waals surface area contributed by atoms with Crippen LogP contribution in [0.2, 0.25) is 0 Å². The highest BCUT2D eigenvalue weighted by molar-refractivity contribution is 5.85. The lowest BCUT2D eigenvalue weighted by Gasteiger charge is -2.36. The van der Waals surface area contributed by atoms with E-state index in [4.69, 9.17) is 0 Å². The number of piperazine rings is 1. The Morgan fingerprint density at radius 3 is 2.48 bits per heavy atom. The zero-order valence-corrected chi connectivity index (χ0v) is 15.8. The summed E-state index contributed by atoms with van der Waals surface area (Å²) in [5.41, 5.74) is 2.51. The van der Waals surface area contributed by atoms with Gasteiger partial charge in [0.2, 0.25) is 5.91 Å². The van der Waals surface area contributed by atoms with Crippen LogP contribution in [0.3, 0.4) is 0 Å². The molecule has 1 aromatic rings. The van der Waals surface area contributed by atoms with Crippen LogP contribution in [0.1, 0.15) is 17.5 Å². The molecule has 1 N–H and O–H groups in total. The molecule has 2 saturated heterocycles. The van der Waals surface area contributed by atoms with Crippen molar-refractivity contribution in [2.45, 2.75) is 31.9 Å². The predicted octanol–water partition coefficient (Wildman–Crippen LogP) is 2.48. The van der Waals surface area contributed by atoms with Crippen LogP contribution in [0, 0.1) is 6.92 Å². The lowest BCUT2D eigenvalue weighted by molar-refractivity contribution is -0.135. The molecule has 2 fully saturated rings. The number of carbonyl (C=O) groups excluding carboxylic acids is 1. The van der Waals surface area contributed by atoms with Gasteiger partial charge in [0.15, 0.2) is 0 Å². The van der Waals surface area contributed by atoms with Crippen LogP contribution in [0.5, 0.6) is 0 Å². The summed E-state index contributed by atoms with van der Waals surface area (Å²) in [7, 11) is 0. The Morgan fingerprint density at radius 1 is 1.24 bits per heavy atom. The number of hydrogen-bond acceptors (Lipinski definition) is 3. The quantitative estimate of drug-likeness (QED) is 0.853. The number of aryl methyl sites for hydroxylation is 1. The number of alkyl halides is 2. The van der Waals surface area contributed by atoms with Crippen LogP contribution in [-0.2, 0) is 11.3 Å². The Balaban J connectivity index is 0.00000156. The fourth-order valence-corrected chi connectivity index (χ4v) is 3.31. The van der Waals surface area contributed by atoms with E-state index in [2.05, 4.69) is 41.4 Å². The second-order valence-electron chi connectivity index (χ2n) is 6.58. The summed E-state index contributed by atoms with van der Waals surface area (Å²) in [4.78, 5) is 16.3. The van der Waals surface area contributed by atoms with E-state index in [1.54, 1.807) is 4.90 Å². The number of halogens is 4. The van der Waals surface area contributed by atoms with Gasteiger partial charge in [-0.1, -0.05) is 29.8 Å². The highest BCUT2D eigenvalue weighted by Crippen LogP contribution is 2.26. The second-order valence-corrected chi connectivity index (χ2v) is 6.58. The largest absolute Gasteiger partial charge is 0.339 e. The van der Waals surface area contributed by atoms with Gasteiger partial charge >= 0.3 is 0 Å². The minimum absolute atomic E-state index is 0. The molecular formula is C17H25Cl2F2N3O. The molecule has 0 aliphatic carbocycles. The number of hydrogen-bond donors (Lipinski definition) is 1. The summed E-state index contributed by atoms with van der Waals surface area (Å²) in [5.74, 6) is -2.94. The fraction of sp³-hybridized carbons (Fsp3) is 0.588. The Hall–Kier alpha value is -0.950. The average Bonchev–Trinajstić information content (AvgIpc) is 2.87. The third kappa shape index (κ3) is 5.78. The molecule has 142 valence electrons. The molecule has 3 rings (SSSR count). The number of nitrogens with zero attached hydrogens (tertiary/aromatic N) is 2. The van der Waals surface area contributed by atoms with E-state index in [9.17, 15) is 13.6 Å². The molecule has 2 heterocycles. The van der Waals surface area contributed by atoms with Gasteiger partial charge in [-0.15, -0.1) is 24.8 Å². The zero-order valence-electron chi connectivity index (χ0n) is 14.2. The maximum Gasteiger partial charge on any atom is 0.262 e. The molecule has 8 heteroatoms. The minimum atomic E-state index is -2.76. The van der Waals surface area contributed by atoms with Crippen molar-refractivity contribution in [1.82, 2.24) is 15.1 Å². The molecule has 1 unspecified atom stereocenters. The van der Waals surface area contributed by atoms with E-state index >= 15 is 0 Å². The second kappa shape index (κ2) is 9.12. The molecular weight excluding hydrogens is 371 g/mol. The van der Waals surface area contributed by atoms with Gasteiger partial charge in [0.25, 0.3) is 5.92 Å². The van der Waals surface area contributed by atoms with E-state index in [0.29, 0.717) is 13.1 Å². The van der Waals surface area contributed by atoms with E-state index in [-0.39, 0.29) is 37.1 Å². The molecule has 2 aliphatic heterocycles.